The lowest BCUT2D eigenvalue weighted by Crippen LogP contribution is -2.30. The predicted octanol–water partition coefficient (Wildman–Crippen LogP) is 3.24. The third-order valence-corrected chi connectivity index (χ3v) is 4.15. The Kier molecular flexibility index (Phi) is 5.61. The van der Waals surface area contributed by atoms with Crippen LogP contribution in [0.25, 0.3) is 0 Å². The van der Waals surface area contributed by atoms with E-state index in [9.17, 15) is 14.9 Å². The SMILES string of the molecule is Cc1c(Cl)cccc1Nc1ncnc(NNC(=O)c2cccnc2)c1[N+](=O)[O-]. The number of anilines is 3. The van der Waals surface area contributed by atoms with Crippen molar-refractivity contribution >= 4 is 40.5 Å². The van der Waals surface area contributed by atoms with Crippen molar-refractivity contribution in [2.24, 2.45) is 0 Å². The van der Waals surface area contributed by atoms with Gasteiger partial charge in [0.25, 0.3) is 5.91 Å². The molecule has 142 valence electrons. The average Bonchev–Trinajstić information content (AvgIpc) is 2.70. The lowest BCUT2D eigenvalue weighted by atomic mass is 10.2. The number of hydrazine groups is 1. The molecule has 0 aliphatic carbocycles. The van der Waals surface area contributed by atoms with E-state index in [1.54, 1.807) is 37.3 Å². The molecule has 2 heterocycles. The quantitative estimate of drug-likeness (QED) is 0.424. The van der Waals surface area contributed by atoms with Crippen LogP contribution in [-0.4, -0.2) is 25.8 Å². The first-order chi connectivity index (χ1) is 13.5. The van der Waals surface area contributed by atoms with Gasteiger partial charge in [0.2, 0.25) is 11.6 Å². The van der Waals surface area contributed by atoms with Crippen LogP contribution in [0.15, 0.2) is 49.1 Å². The number of nitro groups is 1. The van der Waals surface area contributed by atoms with Gasteiger partial charge in [-0.15, -0.1) is 0 Å². The molecule has 0 radical (unpaired) electrons. The van der Waals surface area contributed by atoms with Gasteiger partial charge in [-0.2, -0.15) is 0 Å². The summed E-state index contributed by atoms with van der Waals surface area (Å²) < 4.78 is 0. The molecular formula is C17H14ClN7O3. The van der Waals surface area contributed by atoms with E-state index in [4.69, 9.17) is 11.6 Å². The Bertz CT molecular complexity index is 1030. The van der Waals surface area contributed by atoms with E-state index in [0.717, 1.165) is 6.33 Å². The van der Waals surface area contributed by atoms with Crippen LogP contribution in [0.5, 0.6) is 0 Å². The molecule has 1 aromatic carbocycles. The van der Waals surface area contributed by atoms with E-state index in [2.05, 4.69) is 31.1 Å². The summed E-state index contributed by atoms with van der Waals surface area (Å²) in [4.78, 5) is 34.7. The molecule has 3 rings (SSSR count). The van der Waals surface area contributed by atoms with Gasteiger partial charge in [-0.3, -0.25) is 30.7 Å². The van der Waals surface area contributed by atoms with E-state index >= 15 is 0 Å². The van der Waals surface area contributed by atoms with Gasteiger partial charge in [0.15, 0.2) is 0 Å². The van der Waals surface area contributed by atoms with E-state index in [1.165, 1.54) is 12.4 Å². The minimum atomic E-state index is -0.652. The summed E-state index contributed by atoms with van der Waals surface area (Å²) in [6, 6.07) is 8.27. The first-order valence-electron chi connectivity index (χ1n) is 7.95. The standard InChI is InChI=1S/C17H14ClN7O3/c1-10-12(18)5-2-6-13(10)22-15-14(25(27)28)16(21-9-20-15)23-24-17(26)11-4-3-7-19-8-11/h2-9H,1H3,(H,24,26)(H2,20,21,22,23). The van der Waals surface area contributed by atoms with E-state index in [-0.39, 0.29) is 17.2 Å². The van der Waals surface area contributed by atoms with Crippen LogP contribution in [0.3, 0.4) is 0 Å². The minimum absolute atomic E-state index is 0.0523. The highest BCUT2D eigenvalue weighted by Gasteiger charge is 2.24. The molecule has 0 saturated heterocycles. The van der Waals surface area contributed by atoms with Gasteiger partial charge in [0.1, 0.15) is 6.33 Å². The zero-order valence-electron chi connectivity index (χ0n) is 14.5. The maximum absolute atomic E-state index is 12.1. The Hall–Kier alpha value is -3.79. The van der Waals surface area contributed by atoms with Crippen LogP contribution in [0, 0.1) is 17.0 Å². The molecule has 2 aromatic heterocycles. The number of halogens is 1. The lowest BCUT2D eigenvalue weighted by Gasteiger charge is -2.12. The number of nitrogens with one attached hydrogen (secondary N) is 3. The number of benzene rings is 1. The highest BCUT2D eigenvalue weighted by Crippen LogP contribution is 2.33. The second kappa shape index (κ2) is 8.27. The van der Waals surface area contributed by atoms with Gasteiger partial charge in [-0.25, -0.2) is 9.97 Å². The number of nitrogens with zero attached hydrogens (tertiary/aromatic N) is 4. The van der Waals surface area contributed by atoms with E-state index in [0.29, 0.717) is 16.3 Å². The summed E-state index contributed by atoms with van der Waals surface area (Å²) >= 11 is 6.08. The molecule has 0 saturated carbocycles. The Morgan fingerprint density at radius 3 is 2.68 bits per heavy atom. The van der Waals surface area contributed by atoms with Crippen molar-refractivity contribution in [3.8, 4) is 0 Å². The van der Waals surface area contributed by atoms with Crippen molar-refractivity contribution in [1.82, 2.24) is 20.4 Å². The summed E-state index contributed by atoms with van der Waals surface area (Å²) in [7, 11) is 0. The second-order valence-corrected chi connectivity index (χ2v) is 5.94. The number of pyridine rings is 1. The van der Waals surface area contributed by atoms with Crippen molar-refractivity contribution in [2.45, 2.75) is 6.92 Å². The number of carbonyl (C=O) groups excluding carboxylic acids is 1. The second-order valence-electron chi connectivity index (χ2n) is 5.53. The highest BCUT2D eigenvalue weighted by atomic mass is 35.5. The Labute approximate surface area is 164 Å². The van der Waals surface area contributed by atoms with Crippen LogP contribution in [0.2, 0.25) is 5.02 Å². The Morgan fingerprint density at radius 1 is 1.18 bits per heavy atom. The normalized spacial score (nSPS) is 10.2. The Balaban J connectivity index is 1.86. The number of hydrogen-bond donors (Lipinski definition) is 3. The number of rotatable bonds is 6. The molecule has 0 aliphatic rings. The third-order valence-electron chi connectivity index (χ3n) is 3.74. The molecular weight excluding hydrogens is 386 g/mol. The maximum Gasteiger partial charge on any atom is 0.355 e. The maximum atomic E-state index is 12.1. The van der Waals surface area contributed by atoms with E-state index in [1.807, 2.05) is 0 Å². The van der Waals surface area contributed by atoms with Crippen LogP contribution in [-0.2, 0) is 0 Å². The van der Waals surface area contributed by atoms with Crippen LogP contribution >= 0.6 is 11.6 Å². The Morgan fingerprint density at radius 2 is 1.96 bits per heavy atom. The fourth-order valence-electron chi connectivity index (χ4n) is 2.29. The van der Waals surface area contributed by atoms with Gasteiger partial charge >= 0.3 is 5.69 Å². The van der Waals surface area contributed by atoms with Crippen molar-refractivity contribution in [3.05, 3.63) is 75.3 Å². The molecule has 0 spiro atoms. The summed E-state index contributed by atoms with van der Waals surface area (Å²) in [6.07, 6.45) is 4.02. The van der Waals surface area contributed by atoms with Gasteiger partial charge in [-0.1, -0.05) is 17.7 Å². The molecule has 0 fully saturated rings. The largest absolute Gasteiger partial charge is 0.355 e. The number of amides is 1. The molecule has 3 N–H and O–H groups in total. The number of carbonyl (C=O) groups is 1. The molecule has 0 atom stereocenters. The number of hydrogen-bond acceptors (Lipinski definition) is 8. The van der Waals surface area contributed by atoms with Crippen LogP contribution in [0.1, 0.15) is 15.9 Å². The number of aromatic nitrogens is 3. The monoisotopic (exact) mass is 399 g/mol. The molecule has 3 aromatic rings. The average molecular weight is 400 g/mol. The van der Waals surface area contributed by atoms with Crippen molar-refractivity contribution in [2.75, 3.05) is 10.7 Å². The first-order valence-corrected chi connectivity index (χ1v) is 8.33. The van der Waals surface area contributed by atoms with Gasteiger partial charge in [0.05, 0.1) is 10.5 Å². The molecule has 28 heavy (non-hydrogen) atoms. The zero-order valence-corrected chi connectivity index (χ0v) is 15.3. The fourth-order valence-corrected chi connectivity index (χ4v) is 2.46. The lowest BCUT2D eigenvalue weighted by molar-refractivity contribution is -0.383. The third kappa shape index (κ3) is 4.13. The molecule has 11 heteroatoms. The van der Waals surface area contributed by atoms with Crippen LogP contribution < -0.4 is 16.2 Å². The molecule has 0 aliphatic heterocycles. The molecule has 0 bridgehead atoms. The highest BCUT2D eigenvalue weighted by molar-refractivity contribution is 6.31. The first kappa shape index (κ1) is 19.0. The molecule has 0 unspecified atom stereocenters. The van der Waals surface area contributed by atoms with Crippen molar-refractivity contribution in [1.29, 1.82) is 0 Å². The smallest absolute Gasteiger partial charge is 0.334 e. The van der Waals surface area contributed by atoms with Crippen molar-refractivity contribution < 1.29 is 9.72 Å². The fraction of sp³-hybridized carbons (Fsp3) is 0.0588. The van der Waals surface area contributed by atoms with Crippen LogP contribution in [0.4, 0.5) is 23.0 Å². The topological polar surface area (TPSA) is 135 Å². The van der Waals surface area contributed by atoms with Crippen molar-refractivity contribution in [3.63, 3.8) is 0 Å². The zero-order chi connectivity index (χ0) is 20.1. The molecule has 1 amide bonds. The van der Waals surface area contributed by atoms with Gasteiger partial charge < -0.3 is 5.32 Å². The van der Waals surface area contributed by atoms with E-state index < -0.39 is 16.5 Å². The van der Waals surface area contributed by atoms with Gasteiger partial charge in [0, 0.05) is 23.1 Å². The summed E-state index contributed by atoms with van der Waals surface area (Å²) in [5.41, 5.74) is 5.91. The summed E-state index contributed by atoms with van der Waals surface area (Å²) in [5.74, 6) is -0.760. The summed E-state index contributed by atoms with van der Waals surface area (Å²) in [5, 5.41) is 15.0. The summed E-state index contributed by atoms with van der Waals surface area (Å²) in [6.45, 7) is 1.77. The minimum Gasteiger partial charge on any atom is -0.334 e. The molecule has 10 nitrogen and oxygen atoms in total. The van der Waals surface area contributed by atoms with Gasteiger partial charge in [-0.05, 0) is 36.8 Å². The predicted molar refractivity (Wildman–Crippen MR) is 103 cm³/mol.